The Morgan fingerprint density at radius 2 is 2.35 bits per heavy atom. The molecule has 1 aromatic carbocycles. The van der Waals surface area contributed by atoms with Crippen LogP contribution in [0.15, 0.2) is 30.6 Å². The fraction of sp³-hybridized carbons (Fsp3) is 0.286. The van der Waals surface area contributed by atoms with Crippen LogP contribution in [0.2, 0.25) is 0 Å². The predicted octanol–water partition coefficient (Wildman–Crippen LogP) is 1.92. The molecule has 0 saturated heterocycles. The van der Waals surface area contributed by atoms with Gasteiger partial charge in [-0.05, 0) is 25.1 Å². The van der Waals surface area contributed by atoms with Crippen molar-refractivity contribution in [3.8, 4) is 5.75 Å². The zero-order chi connectivity index (χ0) is 14.1. The Morgan fingerprint density at radius 3 is 3.10 bits per heavy atom. The van der Waals surface area contributed by atoms with E-state index in [1.54, 1.807) is 4.68 Å². The van der Waals surface area contributed by atoms with E-state index in [2.05, 4.69) is 22.7 Å². The zero-order valence-corrected chi connectivity index (χ0v) is 11.4. The van der Waals surface area contributed by atoms with E-state index < -0.39 is 0 Å². The van der Waals surface area contributed by atoms with Crippen molar-refractivity contribution in [2.45, 2.75) is 13.0 Å². The average molecular weight is 272 g/mol. The van der Waals surface area contributed by atoms with Crippen molar-refractivity contribution < 1.29 is 9.53 Å². The maximum Gasteiger partial charge on any atom is 0.262 e. The van der Waals surface area contributed by atoms with Crippen LogP contribution in [0.1, 0.15) is 18.5 Å². The molecule has 0 saturated carbocycles. The monoisotopic (exact) mass is 272 g/mol. The van der Waals surface area contributed by atoms with Gasteiger partial charge >= 0.3 is 0 Å². The van der Waals surface area contributed by atoms with Crippen LogP contribution < -0.4 is 15.4 Å². The maximum atomic E-state index is 11.3. The first-order valence-corrected chi connectivity index (χ1v) is 6.43. The molecule has 1 amide bonds. The molecular formula is C14H16N4O2. The Kier molecular flexibility index (Phi) is 3.06. The van der Waals surface area contributed by atoms with E-state index in [1.165, 1.54) is 0 Å². The largest absolute Gasteiger partial charge is 0.482 e. The van der Waals surface area contributed by atoms with E-state index in [0.717, 1.165) is 11.3 Å². The Bertz CT molecular complexity index is 650. The van der Waals surface area contributed by atoms with E-state index >= 15 is 0 Å². The number of carbonyl (C=O) groups excluding carboxylic acids is 1. The zero-order valence-electron chi connectivity index (χ0n) is 11.4. The van der Waals surface area contributed by atoms with Gasteiger partial charge in [0.15, 0.2) is 6.61 Å². The molecule has 3 rings (SSSR count). The van der Waals surface area contributed by atoms with Gasteiger partial charge in [-0.15, -0.1) is 0 Å². The van der Waals surface area contributed by atoms with Gasteiger partial charge < -0.3 is 15.4 Å². The summed E-state index contributed by atoms with van der Waals surface area (Å²) in [5, 5.41) is 10.3. The minimum Gasteiger partial charge on any atom is -0.482 e. The molecule has 2 aromatic rings. The minimum atomic E-state index is -0.130. The number of hydrogen-bond acceptors (Lipinski definition) is 4. The van der Waals surface area contributed by atoms with Gasteiger partial charge in [0.2, 0.25) is 0 Å². The molecule has 1 aliphatic heterocycles. The second-order valence-corrected chi connectivity index (χ2v) is 4.86. The number of benzene rings is 1. The third kappa shape index (κ3) is 2.45. The minimum absolute atomic E-state index is 0.0753. The highest BCUT2D eigenvalue weighted by Gasteiger charge is 2.16. The van der Waals surface area contributed by atoms with Gasteiger partial charge in [-0.25, -0.2) is 0 Å². The maximum absolute atomic E-state index is 11.3. The average Bonchev–Trinajstić information content (AvgIpc) is 2.85. The molecule has 2 N–H and O–H groups in total. The summed E-state index contributed by atoms with van der Waals surface area (Å²) < 4.78 is 7.10. The molecule has 1 unspecified atom stereocenters. The summed E-state index contributed by atoms with van der Waals surface area (Å²) in [7, 11) is 1.89. The highest BCUT2D eigenvalue weighted by molar-refractivity contribution is 5.96. The molecule has 6 nitrogen and oxygen atoms in total. The normalized spacial score (nSPS) is 15.0. The number of aromatic nitrogens is 2. The number of anilines is 2. The lowest BCUT2D eigenvalue weighted by atomic mass is 10.1. The third-order valence-electron chi connectivity index (χ3n) is 3.22. The topological polar surface area (TPSA) is 68.2 Å². The molecule has 0 bridgehead atoms. The summed E-state index contributed by atoms with van der Waals surface area (Å²) in [5.41, 5.74) is 2.72. The molecule has 2 heterocycles. The number of hydrogen-bond donors (Lipinski definition) is 2. The van der Waals surface area contributed by atoms with Crippen LogP contribution >= 0.6 is 0 Å². The first kappa shape index (κ1) is 12.5. The molecule has 0 fully saturated rings. The van der Waals surface area contributed by atoms with E-state index in [0.29, 0.717) is 11.4 Å². The summed E-state index contributed by atoms with van der Waals surface area (Å²) in [6.07, 6.45) is 3.81. The number of nitrogens with zero attached hydrogens (tertiary/aromatic N) is 2. The van der Waals surface area contributed by atoms with Gasteiger partial charge in [-0.1, -0.05) is 0 Å². The Hall–Kier alpha value is -2.50. The second kappa shape index (κ2) is 4.88. The number of aryl methyl sites for hydroxylation is 1. The fourth-order valence-corrected chi connectivity index (χ4v) is 2.17. The van der Waals surface area contributed by atoms with Crippen LogP contribution in [0.5, 0.6) is 5.75 Å². The second-order valence-electron chi connectivity index (χ2n) is 4.86. The van der Waals surface area contributed by atoms with Crippen LogP contribution in [-0.2, 0) is 11.8 Å². The van der Waals surface area contributed by atoms with Gasteiger partial charge in [0.25, 0.3) is 5.91 Å². The molecule has 0 radical (unpaired) electrons. The van der Waals surface area contributed by atoms with Gasteiger partial charge in [0.1, 0.15) is 5.75 Å². The van der Waals surface area contributed by atoms with Crippen LogP contribution in [0.3, 0.4) is 0 Å². The number of fused-ring (bicyclic) bond motifs is 1. The molecule has 6 heteroatoms. The molecule has 20 heavy (non-hydrogen) atoms. The number of nitrogens with one attached hydrogen (secondary N) is 2. The molecular weight excluding hydrogens is 256 g/mol. The van der Waals surface area contributed by atoms with Crippen LogP contribution in [0.4, 0.5) is 11.4 Å². The Morgan fingerprint density at radius 1 is 1.50 bits per heavy atom. The summed E-state index contributed by atoms with van der Waals surface area (Å²) >= 11 is 0. The number of rotatable bonds is 3. The smallest absolute Gasteiger partial charge is 0.262 e. The first-order chi connectivity index (χ1) is 9.61. The summed E-state index contributed by atoms with van der Waals surface area (Å²) in [6.45, 7) is 2.14. The standard InChI is InChI=1S/C14H16N4O2/c1-9(10-6-15-18(2)7-10)16-11-3-4-13-12(5-11)17-14(19)8-20-13/h3-7,9,16H,8H2,1-2H3,(H,17,19). The van der Waals surface area contributed by atoms with Crippen molar-refractivity contribution in [2.75, 3.05) is 17.2 Å². The highest BCUT2D eigenvalue weighted by atomic mass is 16.5. The predicted molar refractivity (Wildman–Crippen MR) is 75.8 cm³/mol. The fourth-order valence-electron chi connectivity index (χ4n) is 2.17. The van der Waals surface area contributed by atoms with Gasteiger partial charge in [-0.3, -0.25) is 9.48 Å². The van der Waals surface area contributed by atoms with Crippen molar-refractivity contribution in [2.24, 2.45) is 7.05 Å². The summed E-state index contributed by atoms with van der Waals surface area (Å²) in [4.78, 5) is 11.3. The van der Waals surface area contributed by atoms with E-state index in [-0.39, 0.29) is 18.6 Å². The van der Waals surface area contributed by atoms with Crippen molar-refractivity contribution in [3.05, 3.63) is 36.2 Å². The van der Waals surface area contributed by atoms with Gasteiger partial charge in [0.05, 0.1) is 17.9 Å². The molecule has 104 valence electrons. The van der Waals surface area contributed by atoms with Crippen molar-refractivity contribution in [1.82, 2.24) is 9.78 Å². The van der Waals surface area contributed by atoms with Crippen LogP contribution in [0.25, 0.3) is 0 Å². The van der Waals surface area contributed by atoms with E-state index in [1.807, 2.05) is 37.6 Å². The quantitative estimate of drug-likeness (QED) is 0.895. The third-order valence-corrected chi connectivity index (χ3v) is 3.22. The van der Waals surface area contributed by atoms with Crippen LogP contribution in [-0.4, -0.2) is 22.3 Å². The van der Waals surface area contributed by atoms with Crippen molar-refractivity contribution in [1.29, 1.82) is 0 Å². The number of ether oxygens (including phenoxy) is 1. The summed E-state index contributed by atoms with van der Waals surface area (Å²) in [5.74, 6) is 0.569. The van der Waals surface area contributed by atoms with Crippen molar-refractivity contribution in [3.63, 3.8) is 0 Å². The first-order valence-electron chi connectivity index (χ1n) is 6.43. The Labute approximate surface area is 116 Å². The Balaban J connectivity index is 1.78. The lowest BCUT2D eigenvalue weighted by Gasteiger charge is -2.20. The molecule has 1 atom stereocenters. The van der Waals surface area contributed by atoms with E-state index in [4.69, 9.17) is 4.74 Å². The molecule has 1 aliphatic rings. The van der Waals surface area contributed by atoms with Crippen molar-refractivity contribution >= 4 is 17.3 Å². The number of amides is 1. The molecule has 1 aromatic heterocycles. The SMILES string of the molecule is CC(Nc1ccc2c(c1)NC(=O)CO2)c1cnn(C)c1. The lowest BCUT2D eigenvalue weighted by Crippen LogP contribution is -2.25. The van der Waals surface area contributed by atoms with E-state index in [9.17, 15) is 4.79 Å². The summed E-state index contributed by atoms with van der Waals surface area (Å²) in [6, 6.07) is 5.79. The highest BCUT2D eigenvalue weighted by Crippen LogP contribution is 2.31. The van der Waals surface area contributed by atoms with Gasteiger partial charge in [-0.2, -0.15) is 5.10 Å². The van der Waals surface area contributed by atoms with Gasteiger partial charge in [0, 0.05) is 24.5 Å². The van der Waals surface area contributed by atoms with Crippen LogP contribution in [0, 0.1) is 0 Å². The molecule has 0 spiro atoms. The molecule has 0 aliphatic carbocycles. The lowest BCUT2D eigenvalue weighted by molar-refractivity contribution is -0.118. The number of carbonyl (C=O) groups is 1.